The van der Waals surface area contributed by atoms with E-state index in [1.807, 2.05) is 7.11 Å². The SMILES string of the molecule is CCCNC(Cc1nnn(C)n1)C1(OC)CCC1. The monoisotopic (exact) mass is 253 g/mol. The van der Waals surface area contributed by atoms with Gasteiger partial charge in [0, 0.05) is 19.6 Å². The molecule has 1 fully saturated rings. The van der Waals surface area contributed by atoms with Gasteiger partial charge in [0.1, 0.15) is 0 Å². The van der Waals surface area contributed by atoms with E-state index < -0.39 is 0 Å². The van der Waals surface area contributed by atoms with Gasteiger partial charge in [-0.3, -0.25) is 0 Å². The van der Waals surface area contributed by atoms with Crippen LogP contribution >= 0.6 is 0 Å². The molecule has 2 rings (SSSR count). The Balaban J connectivity index is 2.04. The lowest BCUT2D eigenvalue weighted by Crippen LogP contribution is -2.57. The van der Waals surface area contributed by atoms with Crippen LogP contribution < -0.4 is 5.32 Å². The summed E-state index contributed by atoms with van der Waals surface area (Å²) < 4.78 is 5.77. The van der Waals surface area contributed by atoms with E-state index in [0.29, 0.717) is 0 Å². The molecule has 1 N–H and O–H groups in total. The highest BCUT2D eigenvalue weighted by atomic mass is 16.5. The second kappa shape index (κ2) is 5.75. The first-order chi connectivity index (χ1) is 8.70. The number of hydrogen-bond donors (Lipinski definition) is 1. The Morgan fingerprint density at radius 1 is 1.50 bits per heavy atom. The van der Waals surface area contributed by atoms with Crippen molar-refractivity contribution in [2.24, 2.45) is 7.05 Å². The molecular formula is C12H23N5O. The van der Waals surface area contributed by atoms with E-state index >= 15 is 0 Å². The van der Waals surface area contributed by atoms with Crippen molar-refractivity contribution in [3.05, 3.63) is 5.82 Å². The van der Waals surface area contributed by atoms with E-state index in [1.54, 1.807) is 7.05 Å². The van der Waals surface area contributed by atoms with Gasteiger partial charge in [0.2, 0.25) is 0 Å². The van der Waals surface area contributed by atoms with Crippen LogP contribution in [-0.4, -0.2) is 45.5 Å². The first kappa shape index (κ1) is 13.4. The van der Waals surface area contributed by atoms with Crippen molar-refractivity contribution in [2.45, 2.75) is 50.7 Å². The van der Waals surface area contributed by atoms with Crippen molar-refractivity contribution in [1.29, 1.82) is 0 Å². The number of tetrazole rings is 1. The molecule has 18 heavy (non-hydrogen) atoms. The molecule has 1 heterocycles. The lowest BCUT2D eigenvalue weighted by molar-refractivity contribution is -0.0984. The average Bonchev–Trinajstić information content (AvgIpc) is 2.70. The van der Waals surface area contributed by atoms with Crippen LogP contribution in [0.5, 0.6) is 0 Å². The normalized spacial score (nSPS) is 19.5. The Bertz CT molecular complexity index is 369. The van der Waals surface area contributed by atoms with Crippen molar-refractivity contribution in [3.8, 4) is 0 Å². The van der Waals surface area contributed by atoms with Gasteiger partial charge in [0.25, 0.3) is 0 Å². The number of hydrogen-bond acceptors (Lipinski definition) is 5. The van der Waals surface area contributed by atoms with Gasteiger partial charge in [-0.25, -0.2) is 0 Å². The molecule has 0 aromatic carbocycles. The lowest BCUT2D eigenvalue weighted by atomic mass is 9.73. The highest BCUT2D eigenvalue weighted by molar-refractivity contribution is 5.03. The van der Waals surface area contributed by atoms with Gasteiger partial charge in [0.05, 0.1) is 12.6 Å². The van der Waals surface area contributed by atoms with Crippen LogP contribution in [0.3, 0.4) is 0 Å². The summed E-state index contributed by atoms with van der Waals surface area (Å²) in [7, 11) is 3.60. The van der Waals surface area contributed by atoms with E-state index in [9.17, 15) is 0 Å². The molecule has 1 aliphatic rings. The minimum absolute atomic E-state index is 0.0334. The molecule has 102 valence electrons. The standard InChI is InChI=1S/C12H23N5O/c1-4-8-13-10(12(18-3)6-5-7-12)9-11-14-16-17(2)15-11/h10,13H,4-9H2,1-3H3. The van der Waals surface area contributed by atoms with Gasteiger partial charge < -0.3 is 10.1 Å². The molecule has 0 spiro atoms. The number of aryl methyl sites for hydroxylation is 1. The van der Waals surface area contributed by atoms with Gasteiger partial charge in [0.15, 0.2) is 5.82 Å². The topological polar surface area (TPSA) is 64.9 Å². The van der Waals surface area contributed by atoms with E-state index in [2.05, 4.69) is 27.7 Å². The zero-order valence-corrected chi connectivity index (χ0v) is 11.5. The highest BCUT2D eigenvalue weighted by Crippen LogP contribution is 2.38. The van der Waals surface area contributed by atoms with Crippen LogP contribution in [0, 0.1) is 0 Å². The summed E-state index contributed by atoms with van der Waals surface area (Å²) in [6.45, 7) is 3.17. The number of nitrogens with zero attached hydrogens (tertiary/aromatic N) is 4. The van der Waals surface area contributed by atoms with E-state index in [-0.39, 0.29) is 11.6 Å². The third-order valence-electron chi connectivity index (χ3n) is 3.82. The molecule has 0 bridgehead atoms. The number of nitrogens with one attached hydrogen (secondary N) is 1. The fourth-order valence-corrected chi connectivity index (χ4v) is 2.57. The third-order valence-corrected chi connectivity index (χ3v) is 3.82. The lowest BCUT2D eigenvalue weighted by Gasteiger charge is -2.46. The first-order valence-electron chi connectivity index (χ1n) is 6.71. The average molecular weight is 253 g/mol. The Morgan fingerprint density at radius 2 is 2.28 bits per heavy atom. The predicted molar refractivity (Wildman–Crippen MR) is 68.2 cm³/mol. The molecule has 1 saturated carbocycles. The highest BCUT2D eigenvalue weighted by Gasteiger charge is 2.44. The molecule has 1 atom stereocenters. The second-order valence-corrected chi connectivity index (χ2v) is 5.03. The van der Waals surface area contributed by atoms with Crippen molar-refractivity contribution >= 4 is 0 Å². The zero-order valence-electron chi connectivity index (χ0n) is 11.5. The van der Waals surface area contributed by atoms with Crippen molar-refractivity contribution < 1.29 is 4.74 Å². The minimum atomic E-state index is -0.0334. The summed E-state index contributed by atoms with van der Waals surface area (Å²) in [5.41, 5.74) is -0.0334. The van der Waals surface area contributed by atoms with Gasteiger partial charge in [-0.1, -0.05) is 6.92 Å². The fraction of sp³-hybridized carbons (Fsp3) is 0.917. The molecule has 0 saturated heterocycles. The molecule has 0 aliphatic heterocycles. The Morgan fingerprint density at radius 3 is 2.72 bits per heavy atom. The third kappa shape index (κ3) is 2.70. The molecule has 1 aromatic heterocycles. The molecule has 6 heteroatoms. The zero-order chi connectivity index (χ0) is 13.0. The first-order valence-corrected chi connectivity index (χ1v) is 6.71. The largest absolute Gasteiger partial charge is 0.377 e. The van der Waals surface area contributed by atoms with Gasteiger partial charge in [-0.2, -0.15) is 4.80 Å². The molecule has 1 aliphatic carbocycles. The number of aromatic nitrogens is 4. The molecule has 1 aromatic rings. The van der Waals surface area contributed by atoms with Crippen LogP contribution in [0.25, 0.3) is 0 Å². The second-order valence-electron chi connectivity index (χ2n) is 5.03. The van der Waals surface area contributed by atoms with Crippen LogP contribution in [0.2, 0.25) is 0 Å². The molecule has 0 radical (unpaired) electrons. The predicted octanol–water partition coefficient (Wildman–Crippen LogP) is 0.690. The summed E-state index contributed by atoms with van der Waals surface area (Å²) in [6, 6.07) is 0.278. The Labute approximate surface area is 108 Å². The Hall–Kier alpha value is -1.01. The number of rotatable bonds is 7. The molecular weight excluding hydrogens is 230 g/mol. The maximum Gasteiger partial charge on any atom is 0.176 e. The Kier molecular flexibility index (Phi) is 4.29. The van der Waals surface area contributed by atoms with Crippen molar-refractivity contribution in [2.75, 3.05) is 13.7 Å². The summed E-state index contributed by atoms with van der Waals surface area (Å²) in [5, 5.41) is 15.8. The van der Waals surface area contributed by atoms with Crippen molar-refractivity contribution in [3.63, 3.8) is 0 Å². The summed E-state index contributed by atoms with van der Waals surface area (Å²) in [4.78, 5) is 1.51. The summed E-state index contributed by atoms with van der Waals surface area (Å²) >= 11 is 0. The van der Waals surface area contributed by atoms with Gasteiger partial charge in [-0.05, 0) is 37.4 Å². The summed E-state index contributed by atoms with van der Waals surface area (Å²) in [6.07, 6.45) is 5.37. The van der Waals surface area contributed by atoms with E-state index in [4.69, 9.17) is 4.74 Å². The van der Waals surface area contributed by atoms with Crippen LogP contribution in [0.1, 0.15) is 38.4 Å². The molecule has 6 nitrogen and oxygen atoms in total. The number of ether oxygens (including phenoxy) is 1. The summed E-state index contributed by atoms with van der Waals surface area (Å²) in [5.74, 6) is 0.787. The maximum atomic E-state index is 5.77. The minimum Gasteiger partial charge on any atom is -0.377 e. The quantitative estimate of drug-likeness (QED) is 0.774. The molecule has 1 unspecified atom stereocenters. The van der Waals surface area contributed by atoms with E-state index in [1.165, 1.54) is 11.2 Å². The van der Waals surface area contributed by atoms with E-state index in [0.717, 1.165) is 38.1 Å². The van der Waals surface area contributed by atoms with Crippen LogP contribution in [0.4, 0.5) is 0 Å². The van der Waals surface area contributed by atoms with Crippen molar-refractivity contribution in [1.82, 2.24) is 25.5 Å². The van der Waals surface area contributed by atoms with Gasteiger partial charge >= 0.3 is 0 Å². The maximum absolute atomic E-state index is 5.77. The van der Waals surface area contributed by atoms with Crippen LogP contribution in [0.15, 0.2) is 0 Å². The van der Waals surface area contributed by atoms with Crippen LogP contribution in [-0.2, 0) is 18.2 Å². The fourth-order valence-electron chi connectivity index (χ4n) is 2.57. The smallest absolute Gasteiger partial charge is 0.176 e. The molecule has 0 amide bonds. The van der Waals surface area contributed by atoms with Gasteiger partial charge in [-0.15, -0.1) is 10.2 Å². The number of methoxy groups -OCH3 is 1.